The summed E-state index contributed by atoms with van der Waals surface area (Å²) in [5.41, 5.74) is 7.27. The van der Waals surface area contributed by atoms with E-state index in [1.807, 2.05) is 6.92 Å². The number of fused-ring (bicyclic) bond motifs is 1. The fourth-order valence-corrected chi connectivity index (χ4v) is 6.02. The van der Waals surface area contributed by atoms with Gasteiger partial charge in [0.2, 0.25) is 5.88 Å². The molecule has 0 radical (unpaired) electrons. The van der Waals surface area contributed by atoms with Gasteiger partial charge in [-0.05, 0) is 43.9 Å². The second kappa shape index (κ2) is 8.21. The number of carbonyl (C=O) groups excluding carboxylic acids is 1. The minimum atomic E-state index is -0.755. The van der Waals surface area contributed by atoms with Gasteiger partial charge >= 0.3 is 0 Å². The number of rotatable bonds is 7. The van der Waals surface area contributed by atoms with Gasteiger partial charge in [0, 0.05) is 22.6 Å². The zero-order valence-corrected chi connectivity index (χ0v) is 19.1. The Bertz CT molecular complexity index is 1140. The van der Waals surface area contributed by atoms with Crippen molar-refractivity contribution in [2.75, 3.05) is 6.61 Å². The van der Waals surface area contributed by atoms with E-state index in [0.29, 0.717) is 21.9 Å². The Morgan fingerprint density at radius 1 is 1.41 bits per heavy atom. The summed E-state index contributed by atoms with van der Waals surface area (Å²) in [6.45, 7) is 5.86. The monoisotopic (exact) mass is 452 g/mol. The Morgan fingerprint density at radius 3 is 2.84 bits per heavy atom. The number of ketones is 1. The second-order valence-corrected chi connectivity index (χ2v) is 9.92. The van der Waals surface area contributed by atoms with E-state index in [2.05, 4.69) is 22.8 Å². The third kappa shape index (κ3) is 3.86. The zero-order chi connectivity index (χ0) is 23.1. The van der Waals surface area contributed by atoms with Crippen LogP contribution < -0.4 is 10.5 Å². The molecular weight excluding hydrogens is 427 g/mol. The van der Waals surface area contributed by atoms with E-state index >= 15 is 4.39 Å². The summed E-state index contributed by atoms with van der Waals surface area (Å²) in [5.74, 6) is 2.28. The Balaban J connectivity index is 1.62. The van der Waals surface area contributed by atoms with Crippen LogP contribution in [0.4, 0.5) is 4.39 Å². The predicted molar refractivity (Wildman–Crippen MR) is 123 cm³/mol. The van der Waals surface area contributed by atoms with Gasteiger partial charge in [0.1, 0.15) is 11.5 Å². The number of amidine groups is 1. The van der Waals surface area contributed by atoms with E-state index < -0.39 is 5.54 Å². The van der Waals surface area contributed by atoms with Crippen LogP contribution in [0.2, 0.25) is 0 Å². The van der Waals surface area contributed by atoms with Crippen LogP contribution in [-0.2, 0) is 12.0 Å². The number of ether oxygens (including phenoxy) is 1. The van der Waals surface area contributed by atoms with Crippen LogP contribution in [0, 0.1) is 31.0 Å². The highest BCUT2D eigenvalue weighted by molar-refractivity contribution is 8.15. The number of thioether (sulfide) groups is 1. The summed E-state index contributed by atoms with van der Waals surface area (Å²) >= 11 is 1.60. The van der Waals surface area contributed by atoms with Gasteiger partial charge in [-0.25, -0.2) is 14.4 Å². The fourth-order valence-electron chi connectivity index (χ4n) is 4.60. The minimum absolute atomic E-state index is 0.0194. The van der Waals surface area contributed by atoms with Crippen molar-refractivity contribution in [2.45, 2.75) is 50.3 Å². The molecule has 3 atom stereocenters. The predicted octanol–water partition coefficient (Wildman–Crippen LogP) is 3.81. The molecule has 2 N–H and O–H groups in total. The number of benzene rings is 1. The molecule has 0 saturated heterocycles. The lowest BCUT2D eigenvalue weighted by Gasteiger charge is -2.34. The molecule has 2 aliphatic rings. The number of terminal acetylenes is 1. The fraction of sp³-hybridized carbons (Fsp3) is 0.417. The maximum atomic E-state index is 15.3. The van der Waals surface area contributed by atoms with Crippen molar-refractivity contribution in [3.05, 3.63) is 52.7 Å². The Labute approximate surface area is 191 Å². The molecule has 0 amide bonds. The summed E-state index contributed by atoms with van der Waals surface area (Å²) in [4.78, 5) is 25.7. The number of aliphatic imine (C=N–C) groups is 1. The first-order chi connectivity index (χ1) is 15.2. The minimum Gasteiger partial charge on any atom is -0.463 e. The highest BCUT2D eigenvalue weighted by Crippen LogP contribution is 2.67. The number of hydrogen-bond donors (Lipinski definition) is 1. The SMILES string of the molecule is C#CCOc1cnc(C(=O)Cc2cc(C)c(F)c([C@@]3(C)N=C(N)S[C@@]4(CC)C[C@H]43)c2)cn1. The number of halogens is 1. The van der Waals surface area contributed by atoms with Crippen LogP contribution in [0.3, 0.4) is 0 Å². The Hall–Kier alpha value is -2.92. The molecule has 1 aliphatic carbocycles. The quantitative estimate of drug-likeness (QED) is 0.508. The van der Waals surface area contributed by atoms with Crippen molar-refractivity contribution in [3.63, 3.8) is 0 Å². The van der Waals surface area contributed by atoms with E-state index in [4.69, 9.17) is 21.9 Å². The second-order valence-electron chi connectivity index (χ2n) is 8.48. The van der Waals surface area contributed by atoms with Gasteiger partial charge in [-0.1, -0.05) is 30.7 Å². The normalized spacial score (nSPS) is 26.0. The molecular formula is C24H25FN4O2S. The van der Waals surface area contributed by atoms with Crippen LogP contribution in [0.15, 0.2) is 29.5 Å². The lowest BCUT2D eigenvalue weighted by molar-refractivity contribution is 0.0987. The molecule has 4 rings (SSSR count). The number of Topliss-reactive ketones (excluding diaryl/α,β-unsaturated/α-hetero) is 1. The molecule has 2 heterocycles. The summed E-state index contributed by atoms with van der Waals surface area (Å²) in [6, 6.07) is 3.45. The topological polar surface area (TPSA) is 90.5 Å². The largest absolute Gasteiger partial charge is 0.463 e. The molecule has 1 aliphatic heterocycles. The van der Waals surface area contributed by atoms with E-state index in [1.165, 1.54) is 12.4 Å². The van der Waals surface area contributed by atoms with Gasteiger partial charge in [-0.15, -0.1) is 6.42 Å². The lowest BCUT2D eigenvalue weighted by atomic mass is 9.83. The molecule has 1 saturated carbocycles. The van der Waals surface area contributed by atoms with E-state index in [1.54, 1.807) is 30.8 Å². The van der Waals surface area contributed by atoms with Gasteiger partial charge in [-0.2, -0.15) is 0 Å². The van der Waals surface area contributed by atoms with E-state index in [0.717, 1.165) is 12.8 Å². The first kappa shape index (κ1) is 22.3. The van der Waals surface area contributed by atoms with Crippen LogP contribution in [0.5, 0.6) is 5.88 Å². The smallest absolute Gasteiger partial charge is 0.233 e. The van der Waals surface area contributed by atoms with E-state index in [9.17, 15) is 4.79 Å². The molecule has 1 aromatic carbocycles. The standard InChI is InChI=1S/C24H25FN4O2S/c1-5-7-31-20-13-27-17(12-28-20)18(30)10-15-8-14(3)21(25)16(9-15)23(4)19-11-24(19,6-2)32-22(26)29-23/h1,8-9,12-13,19H,6-7,10-11H2,2-4H3,(H2,26,29)/t19-,23+,24-/m0/s1. The van der Waals surface area contributed by atoms with Crippen molar-refractivity contribution in [2.24, 2.45) is 16.6 Å². The van der Waals surface area contributed by atoms with Crippen molar-refractivity contribution in [3.8, 4) is 18.2 Å². The Kier molecular flexibility index (Phi) is 5.72. The molecule has 0 unspecified atom stereocenters. The van der Waals surface area contributed by atoms with Gasteiger partial charge in [0.15, 0.2) is 17.6 Å². The molecule has 32 heavy (non-hydrogen) atoms. The summed E-state index contributed by atoms with van der Waals surface area (Å²) in [7, 11) is 0. The average molecular weight is 453 g/mol. The summed E-state index contributed by atoms with van der Waals surface area (Å²) < 4.78 is 20.5. The van der Waals surface area contributed by atoms with Crippen molar-refractivity contribution in [1.82, 2.24) is 9.97 Å². The summed E-state index contributed by atoms with van der Waals surface area (Å²) in [6.07, 6.45) is 9.84. The zero-order valence-electron chi connectivity index (χ0n) is 18.3. The number of aryl methyl sites for hydroxylation is 1. The molecule has 1 fully saturated rings. The lowest BCUT2D eigenvalue weighted by Crippen LogP contribution is -2.36. The molecule has 1 aromatic heterocycles. The highest BCUT2D eigenvalue weighted by Gasteiger charge is 2.65. The number of aromatic nitrogens is 2. The molecule has 2 aromatic rings. The Morgan fingerprint density at radius 2 is 2.19 bits per heavy atom. The van der Waals surface area contributed by atoms with Gasteiger partial charge in [-0.3, -0.25) is 9.79 Å². The van der Waals surface area contributed by atoms with Crippen molar-refractivity contribution in [1.29, 1.82) is 0 Å². The van der Waals surface area contributed by atoms with Gasteiger partial charge in [0.25, 0.3) is 0 Å². The first-order valence-electron chi connectivity index (χ1n) is 10.5. The van der Waals surface area contributed by atoms with Crippen LogP contribution >= 0.6 is 11.8 Å². The maximum Gasteiger partial charge on any atom is 0.233 e. The molecule has 6 nitrogen and oxygen atoms in total. The van der Waals surface area contributed by atoms with Crippen LogP contribution in [0.25, 0.3) is 0 Å². The van der Waals surface area contributed by atoms with Crippen LogP contribution in [-0.4, -0.2) is 32.3 Å². The van der Waals surface area contributed by atoms with Gasteiger partial charge in [0.05, 0.1) is 17.9 Å². The molecule has 166 valence electrons. The number of nitrogens with zero attached hydrogens (tertiary/aromatic N) is 3. The number of carbonyl (C=O) groups is 1. The molecule has 0 bridgehead atoms. The number of hydrogen-bond acceptors (Lipinski definition) is 7. The molecule has 8 heteroatoms. The maximum absolute atomic E-state index is 15.3. The summed E-state index contributed by atoms with van der Waals surface area (Å²) in [5, 5.41) is 0.490. The average Bonchev–Trinajstić information content (AvgIpc) is 3.50. The first-order valence-corrected chi connectivity index (χ1v) is 11.3. The van der Waals surface area contributed by atoms with Gasteiger partial charge < -0.3 is 10.5 Å². The van der Waals surface area contributed by atoms with Crippen molar-refractivity contribution < 1.29 is 13.9 Å². The van der Waals surface area contributed by atoms with Crippen molar-refractivity contribution >= 4 is 22.7 Å². The number of nitrogens with two attached hydrogens (primary N) is 1. The third-order valence-electron chi connectivity index (χ3n) is 6.39. The van der Waals surface area contributed by atoms with Crippen LogP contribution in [0.1, 0.15) is 53.9 Å². The van der Waals surface area contributed by atoms with E-state index in [-0.39, 0.29) is 46.9 Å². The molecule has 0 spiro atoms. The highest BCUT2D eigenvalue weighted by atomic mass is 32.2. The third-order valence-corrected chi connectivity index (χ3v) is 7.84.